The lowest BCUT2D eigenvalue weighted by molar-refractivity contribution is -0.141. The van der Waals surface area contributed by atoms with Crippen LogP contribution in [0.2, 0.25) is 0 Å². The van der Waals surface area contributed by atoms with Crippen molar-refractivity contribution in [2.75, 3.05) is 13.6 Å². The number of hydrogen-bond donors (Lipinski definition) is 2. The van der Waals surface area contributed by atoms with Crippen LogP contribution in [0, 0.1) is 5.92 Å². The van der Waals surface area contributed by atoms with Gasteiger partial charge in [0.25, 0.3) is 0 Å². The van der Waals surface area contributed by atoms with Crippen LogP contribution in [0.1, 0.15) is 43.2 Å². The summed E-state index contributed by atoms with van der Waals surface area (Å²) in [7, 11) is 1.47. The first kappa shape index (κ1) is 20.1. The molecule has 0 aromatic heterocycles. The van der Waals surface area contributed by atoms with Gasteiger partial charge in [-0.15, -0.1) is 0 Å². The number of rotatable bonds is 5. The second kappa shape index (κ2) is 7.97. The number of benzene rings is 1. The van der Waals surface area contributed by atoms with Gasteiger partial charge in [0.2, 0.25) is 0 Å². The zero-order valence-corrected chi connectivity index (χ0v) is 14.7. The Balaban J connectivity index is 2.12. The van der Waals surface area contributed by atoms with E-state index in [2.05, 4.69) is 5.32 Å². The number of alkyl halides is 3. The molecule has 5 nitrogen and oxygen atoms in total. The second-order valence-electron chi connectivity index (χ2n) is 6.80. The predicted octanol–water partition coefficient (Wildman–Crippen LogP) is 3.70. The molecule has 2 amide bonds. The zero-order valence-electron chi connectivity index (χ0n) is 14.7. The summed E-state index contributed by atoms with van der Waals surface area (Å²) in [6, 6.07) is 4.58. The summed E-state index contributed by atoms with van der Waals surface area (Å²) in [6.07, 6.45) is -2.57. The minimum absolute atomic E-state index is 0.0255. The Morgan fingerprint density at radius 1 is 1.31 bits per heavy atom. The fourth-order valence-corrected chi connectivity index (χ4v) is 3.42. The number of carboxylic acid groups (broad SMARTS) is 1. The first-order valence-corrected chi connectivity index (χ1v) is 8.51. The average molecular weight is 372 g/mol. The Bertz CT molecular complexity index is 663. The van der Waals surface area contributed by atoms with E-state index in [4.69, 9.17) is 5.11 Å². The molecule has 3 unspecified atom stereocenters. The lowest BCUT2D eigenvalue weighted by atomic mass is 9.90. The summed E-state index contributed by atoms with van der Waals surface area (Å²) < 4.78 is 39.9. The van der Waals surface area contributed by atoms with Gasteiger partial charge in [0.05, 0.1) is 11.5 Å². The van der Waals surface area contributed by atoms with Crippen molar-refractivity contribution in [1.82, 2.24) is 10.2 Å². The Kier molecular flexibility index (Phi) is 6.15. The van der Waals surface area contributed by atoms with E-state index in [-0.39, 0.29) is 12.1 Å². The van der Waals surface area contributed by atoms with Gasteiger partial charge in [0.1, 0.15) is 0 Å². The van der Waals surface area contributed by atoms with Crippen molar-refractivity contribution >= 4 is 12.0 Å². The number of amides is 2. The summed E-state index contributed by atoms with van der Waals surface area (Å²) in [4.78, 5) is 24.5. The average Bonchev–Trinajstić information content (AvgIpc) is 3.01. The highest BCUT2D eigenvalue weighted by atomic mass is 19.4. The quantitative estimate of drug-likeness (QED) is 0.828. The first-order valence-electron chi connectivity index (χ1n) is 8.51. The van der Waals surface area contributed by atoms with Crippen molar-refractivity contribution in [2.24, 2.45) is 5.92 Å². The Hall–Kier alpha value is -2.25. The fraction of sp³-hybridized carbons (Fsp3) is 0.556. The molecule has 144 valence electrons. The van der Waals surface area contributed by atoms with Crippen LogP contribution in [0.4, 0.5) is 18.0 Å². The predicted molar refractivity (Wildman–Crippen MR) is 89.8 cm³/mol. The van der Waals surface area contributed by atoms with E-state index in [1.165, 1.54) is 31.0 Å². The van der Waals surface area contributed by atoms with Crippen molar-refractivity contribution in [3.05, 3.63) is 35.4 Å². The largest absolute Gasteiger partial charge is 0.481 e. The minimum atomic E-state index is -4.44. The number of carbonyl (C=O) groups is 2. The van der Waals surface area contributed by atoms with E-state index < -0.39 is 41.6 Å². The first-order chi connectivity index (χ1) is 12.1. The van der Waals surface area contributed by atoms with Gasteiger partial charge >= 0.3 is 18.2 Å². The number of aliphatic carboxylic acids is 1. The van der Waals surface area contributed by atoms with Crippen molar-refractivity contribution in [2.45, 2.75) is 44.3 Å². The van der Waals surface area contributed by atoms with E-state index >= 15 is 0 Å². The Morgan fingerprint density at radius 3 is 2.58 bits per heavy atom. The summed E-state index contributed by atoms with van der Waals surface area (Å²) >= 11 is 0. The highest BCUT2D eigenvalue weighted by molar-refractivity contribution is 5.76. The van der Waals surface area contributed by atoms with E-state index in [9.17, 15) is 22.8 Å². The van der Waals surface area contributed by atoms with Crippen molar-refractivity contribution in [3.8, 4) is 0 Å². The third-order valence-electron chi connectivity index (χ3n) is 4.81. The van der Waals surface area contributed by atoms with Gasteiger partial charge in [0, 0.05) is 25.6 Å². The standard InChI is InChI=1S/C18H23F3N2O3/c1-11(16(24)25)10-23(2)17(26)22-15-9-5-7-13(15)12-6-3-4-8-14(12)18(19,20)21/h3-4,6,8,11,13,15H,5,7,9-10H2,1-2H3,(H,22,26)(H,24,25). The van der Waals surface area contributed by atoms with Gasteiger partial charge in [0.15, 0.2) is 0 Å². The lowest BCUT2D eigenvalue weighted by Gasteiger charge is -2.27. The van der Waals surface area contributed by atoms with Crippen molar-refractivity contribution in [1.29, 1.82) is 0 Å². The van der Waals surface area contributed by atoms with E-state index in [0.29, 0.717) is 12.8 Å². The number of carbonyl (C=O) groups excluding carboxylic acids is 1. The highest BCUT2D eigenvalue weighted by Gasteiger charge is 2.39. The van der Waals surface area contributed by atoms with Crippen LogP contribution >= 0.6 is 0 Å². The maximum absolute atomic E-state index is 13.3. The van der Waals surface area contributed by atoms with Crippen LogP contribution < -0.4 is 5.32 Å². The number of nitrogens with one attached hydrogen (secondary N) is 1. The normalized spacial score (nSPS) is 21.3. The SMILES string of the molecule is CC(CN(C)C(=O)NC1CCCC1c1ccccc1C(F)(F)F)C(=O)O. The summed E-state index contributed by atoms with van der Waals surface area (Å²) in [5.74, 6) is -2.15. The van der Waals surface area contributed by atoms with Gasteiger partial charge in [-0.3, -0.25) is 4.79 Å². The molecule has 1 aromatic rings. The monoisotopic (exact) mass is 372 g/mol. The molecule has 8 heteroatoms. The number of nitrogens with zero attached hydrogens (tertiary/aromatic N) is 1. The van der Waals surface area contributed by atoms with Crippen molar-refractivity contribution < 1.29 is 27.9 Å². The van der Waals surface area contributed by atoms with Gasteiger partial charge in [-0.05, 0) is 24.5 Å². The van der Waals surface area contributed by atoms with Gasteiger partial charge in [-0.2, -0.15) is 13.2 Å². The zero-order chi connectivity index (χ0) is 19.5. The third-order valence-corrected chi connectivity index (χ3v) is 4.81. The molecular formula is C18H23F3N2O3. The third kappa shape index (κ3) is 4.68. The summed E-state index contributed by atoms with van der Waals surface area (Å²) in [5, 5.41) is 11.7. The van der Waals surface area contributed by atoms with E-state index in [0.717, 1.165) is 12.5 Å². The molecule has 1 saturated carbocycles. The van der Waals surface area contributed by atoms with Gasteiger partial charge in [-0.25, -0.2) is 4.79 Å². The second-order valence-corrected chi connectivity index (χ2v) is 6.80. The molecule has 1 aliphatic rings. The van der Waals surface area contributed by atoms with Crippen LogP contribution in [0.15, 0.2) is 24.3 Å². The number of halogens is 3. The fourth-order valence-electron chi connectivity index (χ4n) is 3.42. The molecule has 1 fully saturated rings. The minimum Gasteiger partial charge on any atom is -0.481 e. The van der Waals surface area contributed by atoms with E-state index in [1.54, 1.807) is 6.07 Å². The van der Waals surface area contributed by atoms with Gasteiger partial charge < -0.3 is 15.3 Å². The van der Waals surface area contributed by atoms with Crippen LogP contribution in [0.5, 0.6) is 0 Å². The van der Waals surface area contributed by atoms with Crippen LogP contribution in [0.25, 0.3) is 0 Å². The molecule has 2 rings (SSSR count). The molecule has 0 bridgehead atoms. The highest BCUT2D eigenvalue weighted by Crippen LogP contribution is 2.41. The number of hydrogen-bond acceptors (Lipinski definition) is 2. The molecule has 0 aliphatic heterocycles. The summed E-state index contributed by atoms with van der Waals surface area (Å²) in [6.45, 7) is 1.52. The Labute approximate surface area is 150 Å². The topological polar surface area (TPSA) is 69.6 Å². The molecular weight excluding hydrogens is 349 g/mol. The lowest BCUT2D eigenvalue weighted by Crippen LogP contribution is -2.46. The maximum atomic E-state index is 13.3. The van der Waals surface area contributed by atoms with Gasteiger partial charge in [-0.1, -0.05) is 31.5 Å². The maximum Gasteiger partial charge on any atom is 0.416 e. The molecule has 0 radical (unpaired) electrons. The molecule has 0 heterocycles. The Morgan fingerprint density at radius 2 is 1.96 bits per heavy atom. The smallest absolute Gasteiger partial charge is 0.416 e. The molecule has 0 saturated heterocycles. The molecule has 26 heavy (non-hydrogen) atoms. The molecule has 2 N–H and O–H groups in total. The van der Waals surface area contributed by atoms with Crippen LogP contribution in [-0.4, -0.2) is 41.6 Å². The number of urea groups is 1. The molecule has 0 spiro atoms. The van der Waals surface area contributed by atoms with E-state index in [1.807, 2.05) is 0 Å². The molecule has 1 aromatic carbocycles. The summed E-state index contributed by atoms with van der Waals surface area (Å²) in [5.41, 5.74) is -0.469. The molecule has 1 aliphatic carbocycles. The van der Waals surface area contributed by atoms with Crippen molar-refractivity contribution in [3.63, 3.8) is 0 Å². The number of carboxylic acids is 1. The van der Waals surface area contributed by atoms with Crippen LogP contribution in [-0.2, 0) is 11.0 Å². The molecule has 3 atom stereocenters. The van der Waals surface area contributed by atoms with Crippen LogP contribution in [0.3, 0.4) is 0 Å².